The molecule has 0 bridgehead atoms. The highest BCUT2D eigenvalue weighted by Gasteiger charge is 2.52. The number of piperidine rings is 1. The van der Waals surface area contributed by atoms with Crippen LogP contribution in [0.1, 0.15) is 56.7 Å². The van der Waals surface area contributed by atoms with Gasteiger partial charge >= 0.3 is 5.97 Å². The number of hydrogen-bond donors (Lipinski definition) is 1. The van der Waals surface area contributed by atoms with Crippen molar-refractivity contribution in [3.05, 3.63) is 69.7 Å². The fourth-order valence-corrected chi connectivity index (χ4v) is 4.97. The molecule has 2 aromatic rings. The van der Waals surface area contributed by atoms with Crippen LogP contribution in [0.3, 0.4) is 0 Å². The number of carboxylic acids is 1. The first-order valence-electron chi connectivity index (χ1n) is 10.5. The molecule has 1 fully saturated rings. The largest absolute Gasteiger partial charge is 0.481 e. The molecule has 2 aromatic carbocycles. The standard InChI is InChI=1S/C24H28Cl2N2O3/c1-4-27(5-2)28-22(16-9-11-18(25)12-10-16)20(17-7-6-8-19(26)13-17)14-24(3,23(28)31)15-21(29)30/h6-13,20,22H,4-5,14-15H2,1-3H3,(H,29,30). The predicted molar refractivity (Wildman–Crippen MR) is 123 cm³/mol. The van der Waals surface area contributed by atoms with Crippen LogP contribution in [0.25, 0.3) is 0 Å². The summed E-state index contributed by atoms with van der Waals surface area (Å²) in [4.78, 5) is 25.5. The third-order valence-corrected chi connectivity index (χ3v) is 6.59. The van der Waals surface area contributed by atoms with Gasteiger partial charge in [-0.2, -0.15) is 0 Å². The van der Waals surface area contributed by atoms with Gasteiger partial charge in [-0.1, -0.05) is 68.2 Å². The highest BCUT2D eigenvalue weighted by Crippen LogP contribution is 2.51. The number of benzene rings is 2. The monoisotopic (exact) mass is 462 g/mol. The van der Waals surface area contributed by atoms with E-state index in [1.807, 2.05) is 67.4 Å². The lowest BCUT2D eigenvalue weighted by molar-refractivity contribution is -0.180. The summed E-state index contributed by atoms with van der Waals surface area (Å²) in [5.74, 6) is -1.29. The van der Waals surface area contributed by atoms with E-state index in [0.29, 0.717) is 29.6 Å². The van der Waals surface area contributed by atoms with Crippen molar-refractivity contribution in [3.63, 3.8) is 0 Å². The average molecular weight is 463 g/mol. The number of carbonyl (C=O) groups excluding carboxylic acids is 1. The molecule has 1 N–H and O–H groups in total. The van der Waals surface area contributed by atoms with Crippen LogP contribution in [0.15, 0.2) is 48.5 Å². The lowest BCUT2D eigenvalue weighted by Crippen LogP contribution is -2.59. The normalized spacial score (nSPS) is 23.9. The summed E-state index contributed by atoms with van der Waals surface area (Å²) in [7, 11) is 0. The maximum Gasteiger partial charge on any atom is 0.304 e. The molecule has 1 aliphatic heterocycles. The number of rotatable bonds is 7. The Labute approximate surface area is 193 Å². The van der Waals surface area contributed by atoms with E-state index in [1.165, 1.54) is 0 Å². The Kier molecular flexibility index (Phi) is 7.30. The molecule has 3 atom stereocenters. The molecule has 1 amide bonds. The molecule has 3 rings (SSSR count). The Morgan fingerprint density at radius 2 is 1.74 bits per heavy atom. The molecule has 3 unspecified atom stereocenters. The molecule has 0 aromatic heterocycles. The summed E-state index contributed by atoms with van der Waals surface area (Å²) in [5.41, 5.74) is 0.894. The molecular formula is C24H28Cl2N2O3. The first kappa shape index (κ1) is 23.6. The summed E-state index contributed by atoms with van der Waals surface area (Å²) in [6.45, 7) is 6.99. The maximum atomic E-state index is 13.8. The van der Waals surface area contributed by atoms with Gasteiger partial charge in [-0.25, -0.2) is 5.01 Å². The molecule has 7 heteroatoms. The number of nitrogens with zero attached hydrogens (tertiary/aromatic N) is 2. The molecular weight excluding hydrogens is 435 g/mol. The zero-order valence-electron chi connectivity index (χ0n) is 18.0. The molecule has 0 aliphatic carbocycles. The summed E-state index contributed by atoms with van der Waals surface area (Å²) >= 11 is 12.4. The second-order valence-electron chi connectivity index (χ2n) is 8.28. The molecule has 5 nitrogen and oxygen atoms in total. The van der Waals surface area contributed by atoms with Crippen LogP contribution in [0.2, 0.25) is 10.0 Å². The number of carbonyl (C=O) groups is 2. The lowest BCUT2D eigenvalue weighted by atomic mass is 9.68. The van der Waals surface area contributed by atoms with Gasteiger partial charge in [0.1, 0.15) is 0 Å². The van der Waals surface area contributed by atoms with Gasteiger partial charge in [0.05, 0.1) is 17.9 Å². The highest BCUT2D eigenvalue weighted by molar-refractivity contribution is 6.30. The van der Waals surface area contributed by atoms with Crippen molar-refractivity contribution in [1.29, 1.82) is 0 Å². The lowest BCUT2D eigenvalue weighted by Gasteiger charge is -2.52. The van der Waals surface area contributed by atoms with Crippen LogP contribution in [0.5, 0.6) is 0 Å². The van der Waals surface area contributed by atoms with Gasteiger partial charge in [-0.05, 0) is 41.8 Å². The molecule has 1 heterocycles. The smallest absolute Gasteiger partial charge is 0.304 e. The minimum Gasteiger partial charge on any atom is -0.481 e. The zero-order valence-corrected chi connectivity index (χ0v) is 19.5. The Balaban J connectivity index is 2.22. The van der Waals surface area contributed by atoms with E-state index in [0.717, 1.165) is 11.1 Å². The SMILES string of the molecule is CCN(CC)N1C(=O)C(C)(CC(=O)O)CC(c2cccc(Cl)c2)C1c1ccc(Cl)cc1. The van der Waals surface area contributed by atoms with E-state index < -0.39 is 11.4 Å². The minimum atomic E-state index is -1.04. The summed E-state index contributed by atoms with van der Waals surface area (Å²) in [6.07, 6.45) is 0.178. The topological polar surface area (TPSA) is 60.9 Å². The van der Waals surface area contributed by atoms with Crippen LogP contribution >= 0.6 is 23.2 Å². The highest BCUT2D eigenvalue weighted by atomic mass is 35.5. The number of halogens is 2. The van der Waals surface area contributed by atoms with Gasteiger partial charge in [0.25, 0.3) is 0 Å². The van der Waals surface area contributed by atoms with E-state index in [-0.39, 0.29) is 24.3 Å². The van der Waals surface area contributed by atoms with Crippen molar-refractivity contribution < 1.29 is 14.7 Å². The van der Waals surface area contributed by atoms with E-state index in [2.05, 4.69) is 0 Å². The summed E-state index contributed by atoms with van der Waals surface area (Å²) < 4.78 is 0. The van der Waals surface area contributed by atoms with E-state index in [4.69, 9.17) is 23.2 Å². The van der Waals surface area contributed by atoms with Crippen molar-refractivity contribution in [2.75, 3.05) is 13.1 Å². The van der Waals surface area contributed by atoms with Gasteiger partial charge in [0.15, 0.2) is 0 Å². The quantitative estimate of drug-likeness (QED) is 0.565. The number of hydrogen-bond acceptors (Lipinski definition) is 3. The molecule has 31 heavy (non-hydrogen) atoms. The van der Waals surface area contributed by atoms with Gasteiger partial charge in [-0.3, -0.25) is 14.6 Å². The third kappa shape index (κ3) is 4.89. The van der Waals surface area contributed by atoms with E-state index in [1.54, 1.807) is 11.9 Å². The minimum absolute atomic E-state index is 0.137. The molecule has 0 radical (unpaired) electrons. The molecule has 1 aliphatic rings. The van der Waals surface area contributed by atoms with Crippen LogP contribution < -0.4 is 0 Å². The van der Waals surface area contributed by atoms with Gasteiger partial charge in [0, 0.05) is 29.1 Å². The Bertz CT molecular complexity index is 946. The molecule has 166 valence electrons. The number of hydrazine groups is 1. The van der Waals surface area contributed by atoms with Gasteiger partial charge in [-0.15, -0.1) is 0 Å². The van der Waals surface area contributed by atoms with Crippen LogP contribution in [-0.2, 0) is 9.59 Å². The summed E-state index contributed by atoms with van der Waals surface area (Å²) in [5, 5.41) is 14.6. The number of carboxylic acid groups (broad SMARTS) is 1. The Hall–Kier alpha value is -2.08. The first-order chi connectivity index (χ1) is 14.7. The van der Waals surface area contributed by atoms with Crippen LogP contribution in [0.4, 0.5) is 0 Å². The van der Waals surface area contributed by atoms with Crippen molar-refractivity contribution in [3.8, 4) is 0 Å². The van der Waals surface area contributed by atoms with Gasteiger partial charge in [0.2, 0.25) is 5.91 Å². The molecule has 0 spiro atoms. The number of aliphatic carboxylic acids is 1. The Morgan fingerprint density at radius 3 is 2.29 bits per heavy atom. The summed E-state index contributed by atoms with van der Waals surface area (Å²) in [6, 6.07) is 14.8. The second-order valence-corrected chi connectivity index (χ2v) is 9.15. The third-order valence-electron chi connectivity index (χ3n) is 6.10. The number of amides is 1. The van der Waals surface area contributed by atoms with Crippen molar-refractivity contribution in [2.45, 2.75) is 45.6 Å². The van der Waals surface area contributed by atoms with E-state index in [9.17, 15) is 14.7 Å². The molecule has 0 saturated carbocycles. The van der Waals surface area contributed by atoms with Crippen molar-refractivity contribution in [2.24, 2.45) is 5.41 Å². The fourth-order valence-electron chi connectivity index (χ4n) is 4.64. The zero-order chi connectivity index (χ0) is 22.8. The Morgan fingerprint density at radius 1 is 1.10 bits per heavy atom. The average Bonchev–Trinajstić information content (AvgIpc) is 2.72. The predicted octanol–water partition coefficient (Wildman–Crippen LogP) is 5.79. The fraction of sp³-hybridized carbons (Fsp3) is 0.417. The molecule has 1 saturated heterocycles. The van der Waals surface area contributed by atoms with Crippen LogP contribution in [0, 0.1) is 5.41 Å². The van der Waals surface area contributed by atoms with Gasteiger partial charge < -0.3 is 5.11 Å². The first-order valence-corrected chi connectivity index (χ1v) is 11.3. The van der Waals surface area contributed by atoms with Crippen molar-refractivity contribution >= 4 is 35.1 Å². The second kappa shape index (κ2) is 9.60. The van der Waals surface area contributed by atoms with E-state index >= 15 is 0 Å². The van der Waals surface area contributed by atoms with Crippen molar-refractivity contribution in [1.82, 2.24) is 10.0 Å². The van der Waals surface area contributed by atoms with Crippen LogP contribution in [-0.4, -0.2) is 40.1 Å². The maximum absolute atomic E-state index is 13.8.